The van der Waals surface area contributed by atoms with Gasteiger partial charge in [0.1, 0.15) is 0 Å². The minimum atomic E-state index is 0.851. The van der Waals surface area contributed by atoms with E-state index in [9.17, 15) is 0 Å². The van der Waals surface area contributed by atoms with Crippen LogP contribution in [0.3, 0.4) is 0 Å². The maximum Gasteiger partial charge on any atom is 0.177 e. The number of nitrogens with zero attached hydrogens (tertiary/aromatic N) is 1. The van der Waals surface area contributed by atoms with Crippen molar-refractivity contribution in [1.82, 2.24) is 5.16 Å². The zero-order valence-electron chi connectivity index (χ0n) is 8.50. The maximum atomic E-state index is 5.21. The van der Waals surface area contributed by atoms with E-state index in [-0.39, 0.29) is 0 Å². The van der Waals surface area contributed by atoms with E-state index in [0.717, 1.165) is 29.8 Å². The summed E-state index contributed by atoms with van der Waals surface area (Å²) in [6.07, 6.45) is 1.08. The first kappa shape index (κ1) is 9.06. The number of benzene rings is 1. The van der Waals surface area contributed by atoms with Crippen molar-refractivity contribution in [2.24, 2.45) is 0 Å². The Bertz CT molecular complexity index is 434. The highest BCUT2D eigenvalue weighted by molar-refractivity contribution is 5.90. The minimum Gasteiger partial charge on any atom is -0.367 e. The molecule has 1 aromatic heterocycles. The van der Waals surface area contributed by atoms with E-state index in [1.165, 1.54) is 5.56 Å². The number of fused-ring (bicyclic) bond motifs is 1. The summed E-state index contributed by atoms with van der Waals surface area (Å²) in [5.41, 5.74) is 2.05. The van der Waals surface area contributed by atoms with Crippen molar-refractivity contribution in [3.63, 3.8) is 0 Å². The molecule has 0 aliphatic heterocycles. The fraction of sp³-hybridized carbons (Fsp3) is 0.364. The summed E-state index contributed by atoms with van der Waals surface area (Å²) < 4.78 is 5.21. The molecule has 3 heteroatoms. The van der Waals surface area contributed by atoms with Gasteiger partial charge in [-0.3, -0.25) is 0 Å². The van der Waals surface area contributed by atoms with Gasteiger partial charge in [-0.2, -0.15) is 0 Å². The zero-order valence-corrected chi connectivity index (χ0v) is 8.50. The summed E-state index contributed by atoms with van der Waals surface area (Å²) in [6.45, 7) is 5.12. The third-order valence-corrected chi connectivity index (χ3v) is 2.25. The third-order valence-electron chi connectivity index (χ3n) is 2.25. The average molecular weight is 190 g/mol. The molecular formula is C11H14N2O. The monoisotopic (exact) mass is 190 g/mol. The lowest BCUT2D eigenvalue weighted by Crippen LogP contribution is -2.00. The standard InChI is InChI=1S/C11H14N2O/c1-3-7-12-11-10-8(2)5-4-6-9(10)14-13-11/h4-6H,3,7H2,1-2H3,(H,12,13). The summed E-state index contributed by atoms with van der Waals surface area (Å²) in [6, 6.07) is 5.98. The van der Waals surface area contributed by atoms with E-state index >= 15 is 0 Å². The van der Waals surface area contributed by atoms with Crippen molar-refractivity contribution in [3.05, 3.63) is 23.8 Å². The molecule has 0 bridgehead atoms. The van der Waals surface area contributed by atoms with Crippen LogP contribution in [0.15, 0.2) is 22.7 Å². The molecule has 0 fully saturated rings. The highest BCUT2D eigenvalue weighted by Crippen LogP contribution is 2.25. The van der Waals surface area contributed by atoms with E-state index in [4.69, 9.17) is 4.52 Å². The van der Waals surface area contributed by atoms with Crippen molar-refractivity contribution in [2.45, 2.75) is 20.3 Å². The quantitative estimate of drug-likeness (QED) is 0.808. The first-order valence-electron chi connectivity index (χ1n) is 4.91. The molecule has 0 spiro atoms. The molecule has 1 heterocycles. The molecule has 0 amide bonds. The van der Waals surface area contributed by atoms with Gasteiger partial charge in [0.15, 0.2) is 11.4 Å². The molecule has 74 valence electrons. The number of aryl methyl sites for hydroxylation is 1. The summed E-state index contributed by atoms with van der Waals surface area (Å²) in [5, 5.41) is 8.36. The van der Waals surface area contributed by atoms with Gasteiger partial charge < -0.3 is 9.84 Å². The second-order valence-electron chi connectivity index (χ2n) is 3.41. The van der Waals surface area contributed by atoms with Crippen molar-refractivity contribution in [3.8, 4) is 0 Å². The number of hydrogen-bond donors (Lipinski definition) is 1. The molecule has 2 rings (SSSR count). The zero-order chi connectivity index (χ0) is 9.97. The number of rotatable bonds is 3. The Hall–Kier alpha value is -1.51. The Kier molecular flexibility index (Phi) is 2.39. The van der Waals surface area contributed by atoms with Crippen LogP contribution < -0.4 is 5.32 Å². The van der Waals surface area contributed by atoms with Gasteiger partial charge in [0.25, 0.3) is 0 Å². The normalized spacial score (nSPS) is 10.7. The average Bonchev–Trinajstić information content (AvgIpc) is 2.59. The van der Waals surface area contributed by atoms with Gasteiger partial charge in [0.05, 0.1) is 5.39 Å². The van der Waals surface area contributed by atoms with Crippen molar-refractivity contribution >= 4 is 16.8 Å². The Morgan fingerprint density at radius 3 is 3.07 bits per heavy atom. The van der Waals surface area contributed by atoms with Gasteiger partial charge in [0.2, 0.25) is 0 Å². The Balaban J connectivity index is 2.45. The Morgan fingerprint density at radius 2 is 2.29 bits per heavy atom. The molecule has 0 saturated heterocycles. The molecule has 0 unspecified atom stereocenters. The van der Waals surface area contributed by atoms with Crippen LogP contribution in [-0.4, -0.2) is 11.7 Å². The summed E-state index contributed by atoms with van der Waals surface area (Å²) in [4.78, 5) is 0. The van der Waals surface area contributed by atoms with Crippen molar-refractivity contribution in [1.29, 1.82) is 0 Å². The lowest BCUT2D eigenvalue weighted by molar-refractivity contribution is 0.459. The Morgan fingerprint density at radius 1 is 1.43 bits per heavy atom. The summed E-state index contributed by atoms with van der Waals surface area (Å²) >= 11 is 0. The van der Waals surface area contributed by atoms with Gasteiger partial charge in [-0.05, 0) is 25.0 Å². The fourth-order valence-electron chi connectivity index (χ4n) is 1.52. The highest BCUT2D eigenvalue weighted by atomic mass is 16.5. The topological polar surface area (TPSA) is 38.1 Å². The largest absolute Gasteiger partial charge is 0.367 e. The van der Waals surface area contributed by atoms with E-state index in [1.54, 1.807) is 0 Å². The van der Waals surface area contributed by atoms with Crippen LogP contribution in [0.2, 0.25) is 0 Å². The van der Waals surface area contributed by atoms with Crippen LogP contribution in [0.25, 0.3) is 11.0 Å². The van der Waals surface area contributed by atoms with Gasteiger partial charge in [-0.1, -0.05) is 24.2 Å². The first-order valence-corrected chi connectivity index (χ1v) is 4.91. The molecule has 2 aromatic rings. The van der Waals surface area contributed by atoms with Gasteiger partial charge in [-0.15, -0.1) is 0 Å². The van der Waals surface area contributed by atoms with Crippen LogP contribution in [0.1, 0.15) is 18.9 Å². The SMILES string of the molecule is CCCNc1noc2cccc(C)c12. The predicted molar refractivity (Wildman–Crippen MR) is 57.5 cm³/mol. The number of nitrogens with one attached hydrogen (secondary N) is 1. The molecule has 1 N–H and O–H groups in total. The smallest absolute Gasteiger partial charge is 0.177 e. The first-order chi connectivity index (χ1) is 6.83. The van der Waals surface area contributed by atoms with Crippen LogP contribution in [0.5, 0.6) is 0 Å². The molecule has 1 aromatic carbocycles. The van der Waals surface area contributed by atoms with Gasteiger partial charge in [0, 0.05) is 6.54 Å². The number of anilines is 1. The van der Waals surface area contributed by atoms with E-state index < -0.39 is 0 Å². The number of hydrogen-bond acceptors (Lipinski definition) is 3. The number of aromatic nitrogens is 1. The molecule has 0 aliphatic rings. The molecule has 0 radical (unpaired) electrons. The van der Waals surface area contributed by atoms with Crippen molar-refractivity contribution in [2.75, 3.05) is 11.9 Å². The van der Waals surface area contributed by atoms with Crippen LogP contribution in [-0.2, 0) is 0 Å². The third kappa shape index (κ3) is 1.45. The molecule has 14 heavy (non-hydrogen) atoms. The molecule has 3 nitrogen and oxygen atoms in total. The second kappa shape index (κ2) is 3.70. The summed E-state index contributed by atoms with van der Waals surface area (Å²) in [5.74, 6) is 0.861. The highest BCUT2D eigenvalue weighted by Gasteiger charge is 2.08. The van der Waals surface area contributed by atoms with Crippen LogP contribution in [0.4, 0.5) is 5.82 Å². The van der Waals surface area contributed by atoms with E-state index in [0.29, 0.717) is 0 Å². The molecule has 0 saturated carbocycles. The molecular weight excluding hydrogens is 176 g/mol. The maximum absolute atomic E-state index is 5.21. The fourth-order valence-corrected chi connectivity index (χ4v) is 1.52. The van der Waals surface area contributed by atoms with Gasteiger partial charge in [-0.25, -0.2) is 0 Å². The lowest BCUT2D eigenvalue weighted by Gasteiger charge is -2.00. The Labute approximate surface area is 83.1 Å². The van der Waals surface area contributed by atoms with Crippen LogP contribution in [0, 0.1) is 6.92 Å². The molecule has 0 aliphatic carbocycles. The van der Waals surface area contributed by atoms with Crippen LogP contribution >= 0.6 is 0 Å². The van der Waals surface area contributed by atoms with E-state index in [2.05, 4.69) is 30.4 Å². The molecule has 0 atom stereocenters. The van der Waals surface area contributed by atoms with Crippen molar-refractivity contribution < 1.29 is 4.52 Å². The second-order valence-corrected chi connectivity index (χ2v) is 3.41. The summed E-state index contributed by atoms with van der Waals surface area (Å²) in [7, 11) is 0. The predicted octanol–water partition coefficient (Wildman–Crippen LogP) is 2.96. The minimum absolute atomic E-state index is 0.851. The van der Waals surface area contributed by atoms with E-state index in [1.807, 2.05) is 12.1 Å². The van der Waals surface area contributed by atoms with Gasteiger partial charge >= 0.3 is 0 Å². The lowest BCUT2D eigenvalue weighted by atomic mass is 10.1.